The van der Waals surface area contributed by atoms with Crippen LogP contribution in [-0.2, 0) is 30.4 Å². The fourth-order valence-electron chi connectivity index (χ4n) is 3.21. The van der Waals surface area contributed by atoms with Gasteiger partial charge in [-0.1, -0.05) is 35.5 Å². The minimum absolute atomic E-state index is 0.189. The van der Waals surface area contributed by atoms with Gasteiger partial charge in [-0.2, -0.15) is 0 Å². The van der Waals surface area contributed by atoms with E-state index < -0.39 is 41.6 Å². The minimum Gasteiger partial charge on any atom is -0.444 e. The molecule has 0 radical (unpaired) electrons. The first-order valence-corrected chi connectivity index (χ1v) is 11.4. The first-order valence-electron chi connectivity index (χ1n) is 11.4. The molecule has 1 saturated carbocycles. The van der Waals surface area contributed by atoms with Crippen LogP contribution in [0.25, 0.3) is 0 Å². The third kappa shape index (κ3) is 10.0. The van der Waals surface area contributed by atoms with Crippen LogP contribution in [0.3, 0.4) is 0 Å². The van der Waals surface area contributed by atoms with Crippen molar-refractivity contribution in [2.45, 2.75) is 77.5 Å². The molecule has 3 N–H and O–H groups in total. The molecule has 1 fully saturated rings. The molecule has 10 heteroatoms. The van der Waals surface area contributed by atoms with Crippen LogP contribution in [0.4, 0.5) is 4.79 Å². The summed E-state index contributed by atoms with van der Waals surface area (Å²) in [5.74, 6) is -1.83. The first kappa shape index (κ1) is 26.8. The van der Waals surface area contributed by atoms with Gasteiger partial charge in [0, 0.05) is 6.42 Å². The zero-order valence-corrected chi connectivity index (χ0v) is 20.2. The van der Waals surface area contributed by atoms with Crippen molar-refractivity contribution in [1.82, 2.24) is 16.0 Å². The molecule has 0 bridgehead atoms. The van der Waals surface area contributed by atoms with Gasteiger partial charge in [0.1, 0.15) is 24.2 Å². The number of nitrogens with zero attached hydrogens (tertiary/aromatic N) is 1. The van der Waals surface area contributed by atoms with Crippen LogP contribution in [-0.4, -0.2) is 53.8 Å². The fourth-order valence-corrected chi connectivity index (χ4v) is 3.21. The Morgan fingerprint density at radius 2 is 1.65 bits per heavy atom. The first-order chi connectivity index (χ1) is 16.0. The van der Waals surface area contributed by atoms with E-state index in [0.717, 1.165) is 37.0 Å². The van der Waals surface area contributed by atoms with E-state index in [1.807, 2.05) is 30.3 Å². The molecule has 186 valence electrons. The number of benzene rings is 1. The minimum atomic E-state index is -0.980. The monoisotopic (exact) mass is 474 g/mol. The van der Waals surface area contributed by atoms with Gasteiger partial charge in [-0.3, -0.25) is 9.59 Å². The van der Waals surface area contributed by atoms with Crippen molar-refractivity contribution in [3.63, 3.8) is 0 Å². The van der Waals surface area contributed by atoms with Crippen LogP contribution in [0.2, 0.25) is 0 Å². The second-order valence-corrected chi connectivity index (χ2v) is 9.16. The number of carbonyl (C=O) groups is 4. The summed E-state index contributed by atoms with van der Waals surface area (Å²) in [5, 5.41) is 11.4. The van der Waals surface area contributed by atoms with Crippen LogP contribution in [0.1, 0.15) is 58.9 Å². The Kier molecular flexibility index (Phi) is 10.0. The molecule has 0 aromatic heterocycles. The molecule has 0 heterocycles. The van der Waals surface area contributed by atoms with Crippen LogP contribution in [0.5, 0.6) is 0 Å². The fraction of sp³-hybridized carbons (Fsp3) is 0.542. The number of carbonyl (C=O) groups excluding carboxylic acids is 4. The van der Waals surface area contributed by atoms with Gasteiger partial charge < -0.3 is 25.5 Å². The summed E-state index contributed by atoms with van der Waals surface area (Å²) < 4.78 is 5.16. The molecule has 0 aliphatic heterocycles. The van der Waals surface area contributed by atoms with E-state index >= 15 is 0 Å². The molecule has 2 atom stereocenters. The van der Waals surface area contributed by atoms with Crippen molar-refractivity contribution >= 4 is 29.6 Å². The number of alkyl carbamates (subject to hydrolysis) is 1. The van der Waals surface area contributed by atoms with Crippen LogP contribution in [0.15, 0.2) is 35.5 Å². The Balaban J connectivity index is 1.95. The third-order valence-corrected chi connectivity index (χ3v) is 4.91. The normalized spacial score (nSPS) is 15.0. The Hall–Kier alpha value is -3.43. The SMILES string of the molecule is C[C@H](NC(=O)OC(C)(C)C)C(=O)N[C@@H](Cc1ccccc1)C(=O)NCC(=O)ON=C1CCCC1. The van der Waals surface area contributed by atoms with Gasteiger partial charge >= 0.3 is 12.1 Å². The largest absolute Gasteiger partial charge is 0.444 e. The number of rotatable bonds is 9. The average molecular weight is 475 g/mol. The molecule has 1 aliphatic rings. The lowest BCUT2D eigenvalue weighted by Gasteiger charge is -2.23. The molecule has 3 amide bonds. The maximum Gasteiger partial charge on any atom is 0.408 e. The van der Waals surface area contributed by atoms with Crippen LogP contribution in [0, 0.1) is 0 Å². The maximum absolute atomic E-state index is 12.8. The van der Waals surface area contributed by atoms with Gasteiger partial charge in [0.15, 0.2) is 0 Å². The summed E-state index contributed by atoms with van der Waals surface area (Å²) in [5.41, 5.74) is 0.930. The van der Waals surface area contributed by atoms with Gasteiger partial charge in [0.25, 0.3) is 0 Å². The molecule has 2 rings (SSSR count). The third-order valence-electron chi connectivity index (χ3n) is 4.91. The number of nitrogens with one attached hydrogen (secondary N) is 3. The summed E-state index contributed by atoms with van der Waals surface area (Å²) in [6.45, 7) is 6.23. The molecule has 1 aromatic carbocycles. The van der Waals surface area contributed by atoms with E-state index in [0.29, 0.717) is 0 Å². The van der Waals surface area contributed by atoms with Crippen molar-refractivity contribution in [3.8, 4) is 0 Å². The lowest BCUT2D eigenvalue weighted by atomic mass is 10.0. The number of amides is 3. The molecule has 10 nitrogen and oxygen atoms in total. The van der Waals surface area contributed by atoms with E-state index in [4.69, 9.17) is 9.57 Å². The summed E-state index contributed by atoms with van der Waals surface area (Å²) in [4.78, 5) is 54.2. The molecule has 1 aliphatic carbocycles. The van der Waals surface area contributed by atoms with Crippen LogP contribution >= 0.6 is 0 Å². The zero-order valence-electron chi connectivity index (χ0n) is 20.2. The smallest absolute Gasteiger partial charge is 0.408 e. The number of hydrogen-bond donors (Lipinski definition) is 3. The molecule has 34 heavy (non-hydrogen) atoms. The zero-order chi connectivity index (χ0) is 25.1. The highest BCUT2D eigenvalue weighted by molar-refractivity contribution is 5.92. The van der Waals surface area contributed by atoms with E-state index in [-0.39, 0.29) is 13.0 Å². The molecule has 0 saturated heterocycles. The van der Waals surface area contributed by atoms with Gasteiger partial charge in [-0.05, 0) is 58.9 Å². The van der Waals surface area contributed by atoms with Gasteiger partial charge in [-0.25, -0.2) is 9.59 Å². The molecule has 0 spiro atoms. The van der Waals surface area contributed by atoms with Gasteiger partial charge in [-0.15, -0.1) is 0 Å². The quantitative estimate of drug-likeness (QED) is 0.371. The van der Waals surface area contributed by atoms with Gasteiger partial charge in [0.2, 0.25) is 11.8 Å². The lowest BCUT2D eigenvalue weighted by Crippen LogP contribution is -2.54. The van der Waals surface area contributed by atoms with Crippen molar-refractivity contribution < 1.29 is 28.8 Å². The standard InChI is InChI=1S/C24H34N4O6/c1-16(26-23(32)33-24(2,3)4)21(30)27-19(14-17-10-6-5-7-11-17)22(31)25-15-20(29)34-28-18-12-8-9-13-18/h5-7,10-11,16,19H,8-9,12-15H2,1-4H3,(H,25,31)(H,26,32)(H,27,30)/t16-,19-/m0/s1. The highest BCUT2D eigenvalue weighted by atomic mass is 16.7. The summed E-state index contributed by atoms with van der Waals surface area (Å²) >= 11 is 0. The van der Waals surface area contributed by atoms with Crippen molar-refractivity contribution in [2.75, 3.05) is 6.54 Å². The van der Waals surface area contributed by atoms with E-state index in [1.54, 1.807) is 20.8 Å². The van der Waals surface area contributed by atoms with Crippen molar-refractivity contribution in [2.24, 2.45) is 5.16 Å². The second-order valence-electron chi connectivity index (χ2n) is 9.16. The molecule has 0 unspecified atom stereocenters. The molecular formula is C24H34N4O6. The highest BCUT2D eigenvalue weighted by Gasteiger charge is 2.26. The average Bonchev–Trinajstić information content (AvgIpc) is 3.28. The molecular weight excluding hydrogens is 440 g/mol. The van der Waals surface area contributed by atoms with E-state index in [1.165, 1.54) is 6.92 Å². The summed E-state index contributed by atoms with van der Waals surface area (Å²) in [6, 6.07) is 7.18. The highest BCUT2D eigenvalue weighted by Crippen LogP contribution is 2.14. The topological polar surface area (TPSA) is 135 Å². The predicted molar refractivity (Wildman–Crippen MR) is 126 cm³/mol. The van der Waals surface area contributed by atoms with Crippen molar-refractivity contribution in [3.05, 3.63) is 35.9 Å². The summed E-state index contributed by atoms with van der Waals surface area (Å²) in [7, 11) is 0. The Labute approximate surface area is 199 Å². The van der Waals surface area contributed by atoms with Crippen LogP contribution < -0.4 is 16.0 Å². The van der Waals surface area contributed by atoms with Crippen molar-refractivity contribution in [1.29, 1.82) is 0 Å². The lowest BCUT2D eigenvalue weighted by molar-refractivity contribution is -0.144. The van der Waals surface area contributed by atoms with Gasteiger partial charge in [0.05, 0.1) is 5.71 Å². The maximum atomic E-state index is 12.8. The second kappa shape index (κ2) is 12.7. The Morgan fingerprint density at radius 1 is 1.00 bits per heavy atom. The van der Waals surface area contributed by atoms with E-state index in [9.17, 15) is 19.2 Å². The summed E-state index contributed by atoms with van der Waals surface area (Å²) in [6.07, 6.45) is 3.10. The number of hydrogen-bond acceptors (Lipinski definition) is 7. The van der Waals surface area contributed by atoms with E-state index in [2.05, 4.69) is 21.1 Å². The molecule has 1 aromatic rings. The number of oxime groups is 1. The predicted octanol–water partition coefficient (Wildman–Crippen LogP) is 2.22. The number of ether oxygens (including phenoxy) is 1. The Morgan fingerprint density at radius 3 is 2.26 bits per heavy atom. The Bertz CT molecular complexity index is 886.